The third-order valence-corrected chi connectivity index (χ3v) is 3.89. The zero-order valence-corrected chi connectivity index (χ0v) is 15.2. The molecule has 0 bridgehead atoms. The largest absolute Gasteiger partial charge is 0.497 e. The Bertz CT molecular complexity index is 896. The molecule has 138 valence electrons. The minimum absolute atomic E-state index is 0.310. The second-order valence-corrected chi connectivity index (χ2v) is 5.82. The van der Waals surface area contributed by atoms with Crippen molar-refractivity contribution in [1.29, 1.82) is 0 Å². The molecule has 3 N–H and O–H groups in total. The number of ether oxygens (including phenoxy) is 1. The van der Waals surface area contributed by atoms with Crippen LogP contribution in [0.3, 0.4) is 0 Å². The van der Waals surface area contributed by atoms with Gasteiger partial charge in [0.05, 0.1) is 12.8 Å². The summed E-state index contributed by atoms with van der Waals surface area (Å²) in [7, 11) is 1.62. The maximum atomic E-state index is 12.2. The number of rotatable bonds is 5. The Morgan fingerprint density at radius 2 is 1.85 bits per heavy atom. The van der Waals surface area contributed by atoms with Crippen LogP contribution in [0.15, 0.2) is 54.9 Å². The highest BCUT2D eigenvalue weighted by Crippen LogP contribution is 2.11. The highest BCUT2D eigenvalue weighted by Gasteiger charge is 2.07. The van der Waals surface area contributed by atoms with Gasteiger partial charge in [-0.15, -0.1) is 5.10 Å². The molecule has 0 spiro atoms. The van der Waals surface area contributed by atoms with Crippen molar-refractivity contribution in [1.82, 2.24) is 36.4 Å². The summed E-state index contributed by atoms with van der Waals surface area (Å²) in [6.45, 7) is 0.520. The second-order valence-electron chi connectivity index (χ2n) is 5.41. The van der Waals surface area contributed by atoms with Crippen LogP contribution >= 0.6 is 12.2 Å². The number of amides is 1. The number of nitrogens with zero attached hydrogens (tertiary/aromatic N) is 4. The minimum Gasteiger partial charge on any atom is -0.497 e. The van der Waals surface area contributed by atoms with Gasteiger partial charge >= 0.3 is 0 Å². The molecule has 9 nitrogen and oxygen atoms in total. The fourth-order valence-electron chi connectivity index (χ4n) is 2.20. The van der Waals surface area contributed by atoms with Gasteiger partial charge in [0.2, 0.25) is 0 Å². The molecule has 3 rings (SSSR count). The SMILES string of the molecule is COc1ccc(CNC(=S)NNC(=O)c2ccc(-n3cnnn3)cc2)cc1. The molecule has 1 amide bonds. The fourth-order valence-corrected chi connectivity index (χ4v) is 2.32. The molecule has 1 aromatic heterocycles. The van der Waals surface area contributed by atoms with E-state index in [1.165, 1.54) is 11.0 Å². The van der Waals surface area contributed by atoms with Crippen molar-refractivity contribution in [3.63, 3.8) is 0 Å². The van der Waals surface area contributed by atoms with Gasteiger partial charge in [-0.05, 0) is 64.6 Å². The molecule has 0 fully saturated rings. The molecule has 1 heterocycles. The third-order valence-electron chi connectivity index (χ3n) is 3.64. The lowest BCUT2D eigenvalue weighted by molar-refractivity contribution is 0.0943. The molecule has 0 aliphatic carbocycles. The topological polar surface area (TPSA) is 106 Å². The molecule has 0 saturated carbocycles. The van der Waals surface area contributed by atoms with Crippen LogP contribution in [0.4, 0.5) is 0 Å². The summed E-state index contributed by atoms with van der Waals surface area (Å²) in [5.41, 5.74) is 7.47. The molecule has 0 radical (unpaired) electrons. The molecular weight excluding hydrogens is 366 g/mol. The van der Waals surface area contributed by atoms with E-state index in [-0.39, 0.29) is 5.91 Å². The lowest BCUT2D eigenvalue weighted by atomic mass is 10.2. The van der Waals surface area contributed by atoms with Crippen molar-refractivity contribution in [2.45, 2.75) is 6.54 Å². The molecule has 10 heteroatoms. The van der Waals surface area contributed by atoms with Gasteiger partial charge < -0.3 is 10.1 Å². The van der Waals surface area contributed by atoms with E-state index in [0.29, 0.717) is 17.2 Å². The quantitative estimate of drug-likeness (QED) is 0.442. The molecule has 27 heavy (non-hydrogen) atoms. The summed E-state index contributed by atoms with van der Waals surface area (Å²) in [4.78, 5) is 12.2. The number of nitrogens with one attached hydrogen (secondary N) is 3. The van der Waals surface area contributed by atoms with Gasteiger partial charge in [-0.3, -0.25) is 15.6 Å². The van der Waals surface area contributed by atoms with E-state index in [1.807, 2.05) is 24.3 Å². The molecule has 0 unspecified atom stereocenters. The number of thiocarbonyl (C=S) groups is 1. The van der Waals surface area contributed by atoms with Gasteiger partial charge in [-0.1, -0.05) is 12.1 Å². The summed E-state index contributed by atoms with van der Waals surface area (Å²) >= 11 is 5.16. The van der Waals surface area contributed by atoms with E-state index in [2.05, 4.69) is 31.7 Å². The van der Waals surface area contributed by atoms with Crippen LogP contribution in [0.25, 0.3) is 5.69 Å². The third kappa shape index (κ3) is 4.98. The van der Waals surface area contributed by atoms with Gasteiger partial charge in [0.15, 0.2) is 5.11 Å². The van der Waals surface area contributed by atoms with E-state index in [9.17, 15) is 4.79 Å². The normalized spacial score (nSPS) is 10.1. The highest BCUT2D eigenvalue weighted by atomic mass is 32.1. The predicted octanol–water partition coefficient (Wildman–Crippen LogP) is 0.980. The van der Waals surface area contributed by atoms with Crippen molar-refractivity contribution in [3.05, 3.63) is 66.0 Å². The van der Waals surface area contributed by atoms with E-state index < -0.39 is 0 Å². The molecule has 2 aromatic carbocycles. The van der Waals surface area contributed by atoms with Crippen LogP contribution in [0.1, 0.15) is 15.9 Å². The summed E-state index contributed by atoms with van der Waals surface area (Å²) in [5, 5.41) is 14.2. The molecule has 0 saturated heterocycles. The first-order valence-corrected chi connectivity index (χ1v) is 8.37. The summed E-state index contributed by atoms with van der Waals surface area (Å²) < 4.78 is 6.61. The standard InChI is InChI=1S/C17H17N7O2S/c1-26-15-8-2-12(3-9-15)10-18-17(27)21-20-16(25)13-4-6-14(7-5-13)24-11-19-22-23-24/h2-9,11H,10H2,1H3,(H,20,25)(H2,18,21,27). The van der Waals surface area contributed by atoms with Crippen LogP contribution in [0.2, 0.25) is 0 Å². The van der Waals surface area contributed by atoms with Gasteiger partial charge in [0, 0.05) is 12.1 Å². The van der Waals surface area contributed by atoms with Crippen LogP contribution in [0, 0.1) is 0 Å². The van der Waals surface area contributed by atoms with E-state index in [0.717, 1.165) is 17.0 Å². The zero-order valence-electron chi connectivity index (χ0n) is 14.4. The molecule has 3 aromatic rings. The number of hydrazine groups is 1. The van der Waals surface area contributed by atoms with Crippen molar-refractivity contribution >= 4 is 23.2 Å². The highest BCUT2D eigenvalue weighted by molar-refractivity contribution is 7.80. The Morgan fingerprint density at radius 1 is 1.11 bits per heavy atom. The number of carbonyl (C=O) groups excluding carboxylic acids is 1. The van der Waals surface area contributed by atoms with Crippen LogP contribution in [-0.4, -0.2) is 38.3 Å². The van der Waals surface area contributed by atoms with Crippen LogP contribution in [0.5, 0.6) is 5.75 Å². The number of benzene rings is 2. The van der Waals surface area contributed by atoms with E-state index in [4.69, 9.17) is 17.0 Å². The first-order chi connectivity index (χ1) is 13.2. The lowest BCUT2D eigenvalue weighted by Gasteiger charge is -2.12. The maximum Gasteiger partial charge on any atom is 0.269 e. The lowest BCUT2D eigenvalue weighted by Crippen LogP contribution is -2.46. The Balaban J connectivity index is 1.45. The average molecular weight is 383 g/mol. The van der Waals surface area contributed by atoms with Gasteiger partial charge in [0.1, 0.15) is 12.1 Å². The van der Waals surface area contributed by atoms with Gasteiger partial charge in [-0.2, -0.15) is 0 Å². The summed E-state index contributed by atoms with van der Waals surface area (Å²) in [5.74, 6) is 0.477. The van der Waals surface area contributed by atoms with Crippen molar-refractivity contribution < 1.29 is 9.53 Å². The van der Waals surface area contributed by atoms with Gasteiger partial charge in [-0.25, -0.2) is 4.68 Å². The number of hydrogen-bond acceptors (Lipinski definition) is 6. The molecule has 0 atom stereocenters. The average Bonchev–Trinajstić information content (AvgIpc) is 3.26. The number of aromatic nitrogens is 4. The number of hydrogen-bond donors (Lipinski definition) is 3. The van der Waals surface area contributed by atoms with E-state index in [1.54, 1.807) is 31.4 Å². The van der Waals surface area contributed by atoms with Crippen molar-refractivity contribution in [2.75, 3.05) is 7.11 Å². The smallest absolute Gasteiger partial charge is 0.269 e. The van der Waals surface area contributed by atoms with Crippen molar-refractivity contribution in [3.8, 4) is 11.4 Å². The zero-order chi connectivity index (χ0) is 19.1. The first-order valence-electron chi connectivity index (χ1n) is 7.96. The monoisotopic (exact) mass is 383 g/mol. The van der Waals surface area contributed by atoms with Crippen LogP contribution in [-0.2, 0) is 6.54 Å². The number of methoxy groups -OCH3 is 1. The molecular formula is C17H17N7O2S. The number of tetrazole rings is 1. The Hall–Kier alpha value is -3.53. The maximum absolute atomic E-state index is 12.2. The Labute approximate surface area is 160 Å². The number of carbonyl (C=O) groups is 1. The Kier molecular flexibility index (Phi) is 5.90. The van der Waals surface area contributed by atoms with Crippen LogP contribution < -0.4 is 20.9 Å². The molecule has 0 aliphatic heterocycles. The predicted molar refractivity (Wildman–Crippen MR) is 102 cm³/mol. The first kappa shape index (κ1) is 18.3. The Morgan fingerprint density at radius 3 is 2.48 bits per heavy atom. The molecule has 0 aliphatic rings. The van der Waals surface area contributed by atoms with Crippen molar-refractivity contribution in [2.24, 2.45) is 0 Å². The fraction of sp³-hybridized carbons (Fsp3) is 0.118. The van der Waals surface area contributed by atoms with E-state index >= 15 is 0 Å². The summed E-state index contributed by atoms with van der Waals surface area (Å²) in [6, 6.07) is 14.4. The summed E-state index contributed by atoms with van der Waals surface area (Å²) in [6.07, 6.45) is 1.48. The second kappa shape index (κ2) is 8.72. The van der Waals surface area contributed by atoms with Gasteiger partial charge in [0.25, 0.3) is 5.91 Å². The minimum atomic E-state index is -0.313.